The zero-order valence-corrected chi connectivity index (χ0v) is 16.2. The van der Waals surface area contributed by atoms with E-state index >= 15 is 0 Å². The minimum atomic E-state index is -0.281. The molecule has 0 radical (unpaired) electrons. The Morgan fingerprint density at radius 1 is 1.14 bits per heavy atom. The van der Waals surface area contributed by atoms with Crippen LogP contribution in [0.2, 0.25) is 0 Å². The number of aromatic nitrogens is 2. The summed E-state index contributed by atoms with van der Waals surface area (Å²) in [7, 11) is 0. The second kappa shape index (κ2) is 8.74. The number of furan rings is 1. The molecule has 8 nitrogen and oxygen atoms in total. The van der Waals surface area contributed by atoms with Crippen molar-refractivity contribution in [3.8, 4) is 0 Å². The van der Waals surface area contributed by atoms with Crippen LogP contribution in [0.3, 0.4) is 0 Å². The number of morpholine rings is 1. The topological polar surface area (TPSA) is 92.5 Å². The van der Waals surface area contributed by atoms with Crippen LogP contribution in [0.5, 0.6) is 0 Å². The van der Waals surface area contributed by atoms with Gasteiger partial charge in [-0.05, 0) is 37.3 Å². The number of carbonyl (C=O) groups is 1. The van der Waals surface area contributed by atoms with E-state index < -0.39 is 0 Å². The first-order valence-electron chi connectivity index (χ1n) is 9.54. The molecule has 0 atom stereocenters. The molecule has 29 heavy (non-hydrogen) atoms. The van der Waals surface area contributed by atoms with Crippen molar-refractivity contribution < 1.29 is 13.9 Å². The average molecular weight is 393 g/mol. The van der Waals surface area contributed by atoms with Crippen molar-refractivity contribution in [1.82, 2.24) is 15.3 Å². The highest BCUT2D eigenvalue weighted by molar-refractivity contribution is 5.92. The summed E-state index contributed by atoms with van der Waals surface area (Å²) in [5.41, 5.74) is 2.96. The standard InChI is InChI=1S/C21H23N5O3/c1-15-13-18(20(27)22-14-16-5-4-10-29-16)25-21(23-15)24-17-6-2-3-7-19(17)26-8-11-28-12-9-26/h2-7,10,13H,8-9,11-12,14H2,1H3,(H,22,27)(H,23,24,25). The third kappa shape index (κ3) is 4.72. The fourth-order valence-electron chi connectivity index (χ4n) is 3.19. The second-order valence-electron chi connectivity index (χ2n) is 6.72. The van der Waals surface area contributed by atoms with Crippen LogP contribution in [-0.4, -0.2) is 42.2 Å². The normalized spacial score (nSPS) is 13.9. The number of amides is 1. The SMILES string of the molecule is Cc1cc(C(=O)NCc2ccco2)nc(Nc2ccccc2N2CCOCC2)n1. The van der Waals surface area contributed by atoms with Crippen molar-refractivity contribution in [1.29, 1.82) is 0 Å². The monoisotopic (exact) mass is 393 g/mol. The number of ether oxygens (including phenoxy) is 1. The van der Waals surface area contributed by atoms with E-state index in [0.29, 0.717) is 42.9 Å². The molecule has 2 N–H and O–H groups in total. The summed E-state index contributed by atoms with van der Waals surface area (Å²) in [5, 5.41) is 6.08. The van der Waals surface area contributed by atoms with Gasteiger partial charge in [0.2, 0.25) is 5.95 Å². The molecule has 1 amide bonds. The first kappa shape index (κ1) is 18.9. The van der Waals surface area contributed by atoms with Crippen molar-refractivity contribution in [3.63, 3.8) is 0 Å². The van der Waals surface area contributed by atoms with Crippen LogP contribution in [0.4, 0.5) is 17.3 Å². The quantitative estimate of drug-likeness (QED) is 0.665. The smallest absolute Gasteiger partial charge is 0.270 e. The minimum absolute atomic E-state index is 0.281. The lowest BCUT2D eigenvalue weighted by Crippen LogP contribution is -2.36. The van der Waals surface area contributed by atoms with Gasteiger partial charge in [-0.25, -0.2) is 9.97 Å². The van der Waals surface area contributed by atoms with Gasteiger partial charge in [0.1, 0.15) is 11.5 Å². The summed E-state index contributed by atoms with van der Waals surface area (Å²) in [6.45, 7) is 5.20. The molecule has 1 aliphatic rings. The molecule has 3 heterocycles. The van der Waals surface area contributed by atoms with Crippen LogP contribution in [-0.2, 0) is 11.3 Å². The first-order valence-corrected chi connectivity index (χ1v) is 9.54. The van der Waals surface area contributed by atoms with Crippen molar-refractivity contribution in [2.24, 2.45) is 0 Å². The Balaban J connectivity index is 1.51. The lowest BCUT2D eigenvalue weighted by Gasteiger charge is -2.30. The van der Waals surface area contributed by atoms with E-state index in [1.807, 2.05) is 25.1 Å². The van der Waals surface area contributed by atoms with Gasteiger partial charge in [-0.3, -0.25) is 4.79 Å². The Labute approximate surface area is 168 Å². The Morgan fingerprint density at radius 2 is 1.97 bits per heavy atom. The molecule has 1 aromatic carbocycles. The van der Waals surface area contributed by atoms with Crippen LogP contribution in [0.1, 0.15) is 21.9 Å². The molecular weight excluding hydrogens is 370 g/mol. The lowest BCUT2D eigenvalue weighted by molar-refractivity contribution is 0.0943. The molecule has 2 aromatic heterocycles. The van der Waals surface area contributed by atoms with Crippen LogP contribution in [0, 0.1) is 6.92 Å². The number of para-hydroxylation sites is 2. The number of nitrogens with one attached hydrogen (secondary N) is 2. The van der Waals surface area contributed by atoms with E-state index in [0.717, 1.165) is 24.5 Å². The lowest BCUT2D eigenvalue weighted by atomic mass is 10.2. The molecule has 4 rings (SSSR count). The molecule has 1 fully saturated rings. The number of rotatable bonds is 6. The number of benzene rings is 1. The minimum Gasteiger partial charge on any atom is -0.467 e. The molecule has 8 heteroatoms. The molecule has 0 aliphatic carbocycles. The number of aryl methyl sites for hydroxylation is 1. The molecule has 1 saturated heterocycles. The third-order valence-corrected chi connectivity index (χ3v) is 4.59. The largest absolute Gasteiger partial charge is 0.467 e. The van der Waals surface area contributed by atoms with E-state index in [4.69, 9.17) is 9.15 Å². The van der Waals surface area contributed by atoms with Crippen molar-refractivity contribution in [2.45, 2.75) is 13.5 Å². The predicted molar refractivity (Wildman–Crippen MR) is 109 cm³/mol. The molecule has 1 aliphatic heterocycles. The zero-order valence-electron chi connectivity index (χ0n) is 16.2. The fourth-order valence-corrected chi connectivity index (χ4v) is 3.19. The molecule has 0 saturated carbocycles. The van der Waals surface area contributed by atoms with Crippen molar-refractivity contribution in [2.75, 3.05) is 36.5 Å². The van der Waals surface area contributed by atoms with Crippen molar-refractivity contribution in [3.05, 3.63) is 65.9 Å². The number of anilines is 3. The zero-order chi connectivity index (χ0) is 20.1. The molecule has 0 spiro atoms. The van der Waals surface area contributed by atoms with Gasteiger partial charge in [0.05, 0.1) is 37.4 Å². The maximum atomic E-state index is 12.5. The van der Waals surface area contributed by atoms with Crippen LogP contribution < -0.4 is 15.5 Å². The van der Waals surface area contributed by atoms with Crippen LogP contribution in [0.15, 0.2) is 53.1 Å². The van der Waals surface area contributed by atoms with E-state index in [1.165, 1.54) is 0 Å². The highest BCUT2D eigenvalue weighted by Crippen LogP contribution is 2.28. The van der Waals surface area contributed by atoms with Gasteiger partial charge in [-0.15, -0.1) is 0 Å². The molecule has 0 unspecified atom stereocenters. The van der Waals surface area contributed by atoms with Gasteiger partial charge in [-0.2, -0.15) is 0 Å². The predicted octanol–water partition coefficient (Wildman–Crippen LogP) is 2.89. The van der Waals surface area contributed by atoms with Crippen LogP contribution in [0.25, 0.3) is 0 Å². The highest BCUT2D eigenvalue weighted by atomic mass is 16.5. The van der Waals surface area contributed by atoms with Crippen molar-refractivity contribution >= 4 is 23.2 Å². The van der Waals surface area contributed by atoms with Gasteiger partial charge < -0.3 is 24.7 Å². The maximum Gasteiger partial charge on any atom is 0.270 e. The van der Waals surface area contributed by atoms with Gasteiger partial charge >= 0.3 is 0 Å². The summed E-state index contributed by atoms with van der Waals surface area (Å²) >= 11 is 0. The molecular formula is C21H23N5O3. The third-order valence-electron chi connectivity index (χ3n) is 4.59. The summed E-state index contributed by atoms with van der Waals surface area (Å²) in [6, 6.07) is 13.2. The van der Waals surface area contributed by atoms with Gasteiger partial charge in [0.15, 0.2) is 0 Å². The van der Waals surface area contributed by atoms with Crippen LogP contribution >= 0.6 is 0 Å². The Hall–Kier alpha value is -3.39. The first-order chi connectivity index (χ1) is 14.2. The average Bonchev–Trinajstić information content (AvgIpc) is 3.26. The Kier molecular flexibility index (Phi) is 5.71. The highest BCUT2D eigenvalue weighted by Gasteiger charge is 2.16. The molecule has 150 valence electrons. The summed E-state index contributed by atoms with van der Waals surface area (Å²) in [5.74, 6) is 0.784. The Bertz CT molecular complexity index is 968. The number of nitrogens with zero attached hydrogens (tertiary/aromatic N) is 3. The molecule has 3 aromatic rings. The maximum absolute atomic E-state index is 12.5. The van der Waals surface area contributed by atoms with Gasteiger partial charge in [0, 0.05) is 18.8 Å². The van der Waals surface area contributed by atoms with Gasteiger partial charge in [-0.1, -0.05) is 12.1 Å². The van der Waals surface area contributed by atoms with E-state index in [9.17, 15) is 4.79 Å². The summed E-state index contributed by atoms with van der Waals surface area (Å²) in [6.07, 6.45) is 1.57. The summed E-state index contributed by atoms with van der Waals surface area (Å²) < 4.78 is 10.7. The summed E-state index contributed by atoms with van der Waals surface area (Å²) in [4.78, 5) is 23.6. The van der Waals surface area contributed by atoms with Gasteiger partial charge in [0.25, 0.3) is 5.91 Å². The number of carbonyl (C=O) groups excluding carboxylic acids is 1. The van der Waals surface area contributed by atoms with E-state index in [-0.39, 0.29) is 5.91 Å². The number of hydrogen-bond acceptors (Lipinski definition) is 7. The Morgan fingerprint density at radius 3 is 2.76 bits per heavy atom. The molecule has 0 bridgehead atoms. The van der Waals surface area contributed by atoms with E-state index in [2.05, 4.69) is 31.6 Å². The van der Waals surface area contributed by atoms with E-state index in [1.54, 1.807) is 24.5 Å². The fraction of sp³-hybridized carbons (Fsp3) is 0.286. The number of hydrogen-bond donors (Lipinski definition) is 2. The second-order valence-corrected chi connectivity index (χ2v) is 6.72.